The van der Waals surface area contributed by atoms with Crippen LogP contribution in [0.1, 0.15) is 33.2 Å². The summed E-state index contributed by atoms with van der Waals surface area (Å²) < 4.78 is 46.9. The second-order valence-corrected chi connectivity index (χ2v) is 11.4. The Labute approximate surface area is 225 Å². The summed E-state index contributed by atoms with van der Waals surface area (Å²) in [7, 11) is -4.31. The third kappa shape index (κ3) is 5.81. The largest absolute Gasteiger partial charge is 0.462 e. The summed E-state index contributed by atoms with van der Waals surface area (Å²) in [5.74, 6) is -0.305. The molecule has 1 aromatic carbocycles. The zero-order valence-corrected chi connectivity index (χ0v) is 22.8. The van der Waals surface area contributed by atoms with Crippen molar-refractivity contribution < 1.29 is 32.6 Å². The number of aromatic nitrogens is 4. The van der Waals surface area contributed by atoms with Gasteiger partial charge in [-0.05, 0) is 44.9 Å². The highest BCUT2D eigenvalue weighted by Crippen LogP contribution is 2.53. The van der Waals surface area contributed by atoms with Gasteiger partial charge in [0, 0.05) is 0 Å². The van der Waals surface area contributed by atoms with Gasteiger partial charge in [0.25, 0.3) is 0 Å². The number of halogens is 1. The number of rotatable bonds is 11. The standard InChI is InChI=1S/C25H32FN6O6P/c1-15(2)37-24(34)17(4)31-39(35,38-18-8-6-5-7-9-18)36-12-25(11-26)16(3)19(10-20(25)33)32-14-30-21-22(27)28-13-29-23(21)32/h5-9,13-15,17,19-20,33H,3,10-12H2,1-2,4H3,(H,31,35)(H2,27,28,29)/t17-,19-,20-,25-,39?/m0/s1. The fourth-order valence-corrected chi connectivity index (χ4v) is 6.00. The number of para-hydroxylation sites is 1. The number of alkyl halides is 1. The fraction of sp³-hybridized carbons (Fsp3) is 0.440. The molecule has 0 bridgehead atoms. The maximum absolute atomic E-state index is 14.8. The lowest BCUT2D eigenvalue weighted by Crippen LogP contribution is -2.41. The fourth-order valence-electron chi connectivity index (χ4n) is 4.44. The van der Waals surface area contributed by atoms with Crippen molar-refractivity contribution in [1.82, 2.24) is 24.6 Å². The molecule has 12 nitrogen and oxygen atoms in total. The summed E-state index contributed by atoms with van der Waals surface area (Å²) in [6.45, 7) is 7.25. The van der Waals surface area contributed by atoms with Gasteiger partial charge in [-0.15, -0.1) is 0 Å². The first-order valence-electron chi connectivity index (χ1n) is 12.3. The summed E-state index contributed by atoms with van der Waals surface area (Å²) in [6.07, 6.45) is 1.16. The van der Waals surface area contributed by atoms with E-state index in [0.29, 0.717) is 11.2 Å². The number of imidazole rings is 1. The Balaban J connectivity index is 1.60. The third-order valence-corrected chi connectivity index (χ3v) is 8.23. The van der Waals surface area contributed by atoms with Crippen LogP contribution in [0, 0.1) is 5.41 Å². The van der Waals surface area contributed by atoms with Crippen LogP contribution in [0.3, 0.4) is 0 Å². The SMILES string of the molecule is C=C1[C@@H](n2cnc3c(N)ncnc32)C[C@H](O)[C@@]1(CF)COP(=O)(N[C@@H](C)C(=O)OC(C)C)Oc1ccccc1. The van der Waals surface area contributed by atoms with Crippen LogP contribution in [0.5, 0.6) is 5.75 Å². The van der Waals surface area contributed by atoms with E-state index in [1.807, 2.05) is 0 Å². The van der Waals surface area contributed by atoms with Gasteiger partial charge >= 0.3 is 13.7 Å². The Hall–Kier alpha value is -3.38. The van der Waals surface area contributed by atoms with Gasteiger partial charge < -0.3 is 24.7 Å². The molecular formula is C25H32FN6O6P. The molecule has 1 aliphatic carbocycles. The number of hydrogen-bond donors (Lipinski definition) is 3. The molecule has 1 fully saturated rings. The molecule has 0 radical (unpaired) electrons. The highest BCUT2D eigenvalue weighted by Gasteiger charge is 2.53. The van der Waals surface area contributed by atoms with Crippen molar-refractivity contribution in [3.8, 4) is 5.75 Å². The Morgan fingerprint density at radius 3 is 2.69 bits per heavy atom. The maximum atomic E-state index is 14.8. The molecular weight excluding hydrogens is 530 g/mol. The summed E-state index contributed by atoms with van der Waals surface area (Å²) in [6, 6.07) is 6.48. The highest BCUT2D eigenvalue weighted by atomic mass is 31.2. The minimum absolute atomic E-state index is 0.0653. The van der Waals surface area contributed by atoms with Gasteiger partial charge in [0.1, 0.15) is 30.3 Å². The predicted octanol–water partition coefficient (Wildman–Crippen LogP) is 3.36. The summed E-state index contributed by atoms with van der Waals surface area (Å²) in [5, 5.41) is 13.6. The molecule has 2 heterocycles. The second-order valence-electron chi connectivity index (χ2n) is 9.68. The molecule has 4 rings (SSSR count). The van der Waals surface area contributed by atoms with Crippen LogP contribution in [0.4, 0.5) is 10.2 Å². The van der Waals surface area contributed by atoms with Gasteiger partial charge in [0.15, 0.2) is 11.5 Å². The van der Waals surface area contributed by atoms with Crippen molar-refractivity contribution in [3.05, 3.63) is 55.1 Å². The molecule has 5 atom stereocenters. The van der Waals surface area contributed by atoms with E-state index in [9.17, 15) is 18.9 Å². The van der Waals surface area contributed by atoms with Crippen LogP contribution in [-0.4, -0.2) is 62.1 Å². The average Bonchev–Trinajstić information content (AvgIpc) is 3.42. The second kappa shape index (κ2) is 11.4. The van der Waals surface area contributed by atoms with Crippen LogP contribution in [0.15, 0.2) is 55.1 Å². The molecule has 39 heavy (non-hydrogen) atoms. The van der Waals surface area contributed by atoms with Gasteiger partial charge in [0.2, 0.25) is 0 Å². The number of benzene rings is 1. The van der Waals surface area contributed by atoms with Gasteiger partial charge in [-0.2, -0.15) is 5.09 Å². The van der Waals surface area contributed by atoms with E-state index in [2.05, 4.69) is 26.6 Å². The third-order valence-electron chi connectivity index (χ3n) is 6.61. The van der Waals surface area contributed by atoms with Crippen molar-refractivity contribution in [2.75, 3.05) is 19.0 Å². The van der Waals surface area contributed by atoms with E-state index in [0.717, 1.165) is 0 Å². The smallest absolute Gasteiger partial charge is 0.459 e. The van der Waals surface area contributed by atoms with Gasteiger partial charge in [-0.3, -0.25) is 9.32 Å². The number of ether oxygens (including phenoxy) is 1. The van der Waals surface area contributed by atoms with Gasteiger partial charge in [-0.1, -0.05) is 24.8 Å². The number of anilines is 1. The number of nitrogens with zero attached hydrogens (tertiary/aromatic N) is 4. The van der Waals surface area contributed by atoms with Crippen LogP contribution < -0.4 is 15.3 Å². The van der Waals surface area contributed by atoms with Crippen LogP contribution >= 0.6 is 7.75 Å². The molecule has 0 spiro atoms. The molecule has 3 aromatic rings. The Morgan fingerprint density at radius 2 is 2.03 bits per heavy atom. The summed E-state index contributed by atoms with van der Waals surface area (Å²) in [5.41, 5.74) is 5.30. The van der Waals surface area contributed by atoms with Gasteiger partial charge in [0.05, 0.1) is 36.6 Å². The lowest BCUT2D eigenvalue weighted by Gasteiger charge is -2.33. The molecule has 0 saturated heterocycles. The number of aliphatic hydroxyl groups excluding tert-OH is 1. The molecule has 4 N–H and O–H groups in total. The van der Waals surface area contributed by atoms with Crippen LogP contribution in [0.2, 0.25) is 0 Å². The van der Waals surface area contributed by atoms with Crippen LogP contribution in [0.25, 0.3) is 11.2 Å². The summed E-state index contributed by atoms with van der Waals surface area (Å²) >= 11 is 0. The topological polar surface area (TPSA) is 164 Å². The van der Waals surface area contributed by atoms with E-state index < -0.39 is 56.7 Å². The molecule has 1 aliphatic rings. The molecule has 14 heteroatoms. The van der Waals surface area contributed by atoms with Gasteiger partial charge in [-0.25, -0.2) is 23.9 Å². The number of aliphatic hydroxyl groups is 1. The molecule has 0 amide bonds. The number of fused-ring (bicyclic) bond motifs is 1. The number of hydrogen-bond acceptors (Lipinski definition) is 10. The normalized spacial score (nSPS) is 23.6. The Morgan fingerprint density at radius 1 is 1.31 bits per heavy atom. The number of carbonyl (C=O) groups is 1. The average molecular weight is 563 g/mol. The molecule has 1 saturated carbocycles. The molecule has 0 aliphatic heterocycles. The van der Waals surface area contributed by atoms with Crippen molar-refractivity contribution in [1.29, 1.82) is 0 Å². The molecule has 1 unspecified atom stereocenters. The number of carbonyl (C=O) groups excluding carboxylic acids is 1. The first-order chi connectivity index (χ1) is 18.5. The number of nitrogens with one attached hydrogen (secondary N) is 1. The zero-order valence-electron chi connectivity index (χ0n) is 21.9. The van der Waals surface area contributed by atoms with Crippen molar-refractivity contribution >= 4 is 30.7 Å². The first-order valence-corrected chi connectivity index (χ1v) is 13.9. The number of nitrogen functional groups attached to an aromatic ring is 1. The van der Waals surface area contributed by atoms with E-state index in [1.165, 1.54) is 19.6 Å². The minimum Gasteiger partial charge on any atom is -0.462 e. The number of esters is 1. The van der Waals surface area contributed by atoms with E-state index >= 15 is 0 Å². The number of nitrogens with two attached hydrogens (primary N) is 1. The van der Waals surface area contributed by atoms with E-state index in [4.69, 9.17) is 19.5 Å². The maximum Gasteiger partial charge on any atom is 0.459 e. The van der Waals surface area contributed by atoms with E-state index in [-0.39, 0.29) is 23.6 Å². The quantitative estimate of drug-likeness (QED) is 0.178. The lowest BCUT2D eigenvalue weighted by molar-refractivity contribution is -0.149. The highest BCUT2D eigenvalue weighted by molar-refractivity contribution is 7.52. The van der Waals surface area contributed by atoms with Crippen molar-refractivity contribution in [3.63, 3.8) is 0 Å². The first kappa shape index (κ1) is 28.6. The van der Waals surface area contributed by atoms with Crippen molar-refractivity contribution in [2.45, 2.75) is 51.5 Å². The predicted molar refractivity (Wildman–Crippen MR) is 141 cm³/mol. The zero-order chi connectivity index (χ0) is 28.4. The Bertz CT molecular complexity index is 1390. The molecule has 210 valence electrons. The molecule has 2 aromatic heterocycles. The lowest BCUT2D eigenvalue weighted by atomic mass is 9.83. The minimum atomic E-state index is -4.31. The van der Waals surface area contributed by atoms with E-state index in [1.54, 1.807) is 48.7 Å². The summed E-state index contributed by atoms with van der Waals surface area (Å²) in [4.78, 5) is 24.8. The monoisotopic (exact) mass is 562 g/mol. The Kier molecular flexibility index (Phi) is 8.36. The van der Waals surface area contributed by atoms with Crippen LogP contribution in [-0.2, 0) is 18.6 Å². The van der Waals surface area contributed by atoms with Crippen molar-refractivity contribution in [2.24, 2.45) is 5.41 Å².